The van der Waals surface area contributed by atoms with Crippen LogP contribution in [0.3, 0.4) is 0 Å². The summed E-state index contributed by atoms with van der Waals surface area (Å²) in [5, 5.41) is 1.20. The molecule has 16 heavy (non-hydrogen) atoms. The Morgan fingerprint density at radius 3 is 2.69 bits per heavy atom. The predicted octanol–water partition coefficient (Wildman–Crippen LogP) is 4.01. The molecule has 2 rings (SSSR count). The van der Waals surface area contributed by atoms with Gasteiger partial charge in [0.05, 0.1) is 5.69 Å². The van der Waals surface area contributed by atoms with Gasteiger partial charge in [-0.15, -0.1) is 0 Å². The molecule has 0 radical (unpaired) electrons. The molecule has 0 spiro atoms. The third-order valence-corrected chi connectivity index (χ3v) is 2.91. The van der Waals surface area contributed by atoms with Crippen molar-refractivity contribution in [3.63, 3.8) is 0 Å². The lowest BCUT2D eigenvalue weighted by atomic mass is 10.1. The van der Waals surface area contributed by atoms with Crippen molar-refractivity contribution in [2.75, 3.05) is 0 Å². The van der Waals surface area contributed by atoms with E-state index in [1.807, 2.05) is 31.2 Å². The molecule has 0 bridgehead atoms. The molecule has 0 aliphatic rings. The van der Waals surface area contributed by atoms with Crippen LogP contribution in [-0.2, 0) is 6.42 Å². The van der Waals surface area contributed by atoms with Crippen molar-refractivity contribution in [1.82, 2.24) is 9.97 Å². The van der Waals surface area contributed by atoms with Crippen LogP contribution in [0.25, 0.3) is 11.3 Å². The lowest BCUT2D eigenvalue weighted by Crippen LogP contribution is -1.95. The molecule has 0 saturated carbocycles. The maximum absolute atomic E-state index is 6.04. The Kier molecular flexibility index (Phi) is 3.42. The molecule has 0 unspecified atom stereocenters. The number of nitrogens with zero attached hydrogens (tertiary/aromatic N) is 2. The summed E-state index contributed by atoms with van der Waals surface area (Å²) in [6, 6.07) is 7.57. The number of benzene rings is 1. The van der Waals surface area contributed by atoms with E-state index in [2.05, 4.69) is 9.97 Å². The quantitative estimate of drug-likeness (QED) is 0.755. The van der Waals surface area contributed by atoms with Gasteiger partial charge in [-0.3, -0.25) is 0 Å². The highest BCUT2D eigenvalue weighted by Gasteiger charge is 2.09. The number of aromatic nitrogens is 2. The first kappa shape index (κ1) is 11.4. The van der Waals surface area contributed by atoms with Crippen LogP contribution >= 0.6 is 23.2 Å². The van der Waals surface area contributed by atoms with Crippen molar-refractivity contribution >= 4 is 23.2 Å². The van der Waals surface area contributed by atoms with Gasteiger partial charge in [0.2, 0.25) is 0 Å². The summed E-state index contributed by atoms with van der Waals surface area (Å²) < 4.78 is 0. The summed E-state index contributed by atoms with van der Waals surface area (Å²) in [7, 11) is 0. The largest absolute Gasteiger partial charge is 0.236 e. The second-order valence-electron chi connectivity index (χ2n) is 3.36. The number of hydrogen-bond acceptors (Lipinski definition) is 2. The molecule has 1 aromatic carbocycles. The Hall–Kier alpha value is -1.12. The van der Waals surface area contributed by atoms with Crippen LogP contribution in [0.4, 0.5) is 0 Å². The minimum atomic E-state index is 0.507. The standard InChI is InChI=1S/C12H10Cl2N2/c1-2-10-11(15-7-16-12(10)14)8-4-3-5-9(13)6-8/h3-7H,2H2,1H3. The van der Waals surface area contributed by atoms with Gasteiger partial charge in [-0.1, -0.05) is 42.3 Å². The van der Waals surface area contributed by atoms with Crippen LogP contribution in [0, 0.1) is 0 Å². The van der Waals surface area contributed by atoms with Gasteiger partial charge in [-0.2, -0.15) is 0 Å². The van der Waals surface area contributed by atoms with Crippen molar-refractivity contribution in [2.24, 2.45) is 0 Å². The molecule has 1 heterocycles. The Morgan fingerprint density at radius 2 is 2.00 bits per heavy atom. The van der Waals surface area contributed by atoms with E-state index in [1.165, 1.54) is 6.33 Å². The van der Waals surface area contributed by atoms with E-state index >= 15 is 0 Å². The lowest BCUT2D eigenvalue weighted by molar-refractivity contribution is 1.05. The molecule has 0 amide bonds. The Balaban J connectivity index is 2.60. The smallest absolute Gasteiger partial charge is 0.136 e. The highest BCUT2D eigenvalue weighted by Crippen LogP contribution is 2.27. The molecule has 0 aliphatic carbocycles. The van der Waals surface area contributed by atoms with Gasteiger partial charge in [-0.05, 0) is 18.6 Å². The first-order valence-corrected chi connectivity index (χ1v) is 5.73. The van der Waals surface area contributed by atoms with Crippen molar-refractivity contribution < 1.29 is 0 Å². The van der Waals surface area contributed by atoms with Crippen molar-refractivity contribution in [3.8, 4) is 11.3 Å². The highest BCUT2D eigenvalue weighted by molar-refractivity contribution is 6.31. The zero-order chi connectivity index (χ0) is 11.5. The van der Waals surface area contributed by atoms with Crippen LogP contribution in [0.5, 0.6) is 0 Å². The van der Waals surface area contributed by atoms with E-state index in [1.54, 1.807) is 0 Å². The van der Waals surface area contributed by atoms with E-state index in [-0.39, 0.29) is 0 Å². The second-order valence-corrected chi connectivity index (χ2v) is 4.15. The van der Waals surface area contributed by atoms with Gasteiger partial charge < -0.3 is 0 Å². The maximum Gasteiger partial charge on any atom is 0.136 e. The molecule has 2 aromatic rings. The average Bonchev–Trinajstić information content (AvgIpc) is 2.28. The fraction of sp³-hybridized carbons (Fsp3) is 0.167. The van der Waals surface area contributed by atoms with Crippen LogP contribution in [0.1, 0.15) is 12.5 Å². The molecular formula is C12H10Cl2N2. The minimum absolute atomic E-state index is 0.507. The van der Waals surface area contributed by atoms with E-state index in [0.717, 1.165) is 23.2 Å². The van der Waals surface area contributed by atoms with Gasteiger partial charge in [0.1, 0.15) is 11.5 Å². The van der Waals surface area contributed by atoms with E-state index in [4.69, 9.17) is 23.2 Å². The van der Waals surface area contributed by atoms with Gasteiger partial charge in [0.25, 0.3) is 0 Å². The van der Waals surface area contributed by atoms with E-state index < -0.39 is 0 Å². The molecule has 0 N–H and O–H groups in total. The normalized spacial score (nSPS) is 10.4. The fourth-order valence-electron chi connectivity index (χ4n) is 1.59. The number of halogens is 2. The molecule has 82 valence electrons. The topological polar surface area (TPSA) is 25.8 Å². The van der Waals surface area contributed by atoms with Gasteiger partial charge in [-0.25, -0.2) is 9.97 Å². The van der Waals surface area contributed by atoms with Crippen LogP contribution in [0.15, 0.2) is 30.6 Å². The second kappa shape index (κ2) is 4.81. The van der Waals surface area contributed by atoms with Crippen molar-refractivity contribution in [1.29, 1.82) is 0 Å². The van der Waals surface area contributed by atoms with Crippen molar-refractivity contribution in [3.05, 3.63) is 46.3 Å². The highest BCUT2D eigenvalue weighted by atomic mass is 35.5. The summed E-state index contributed by atoms with van der Waals surface area (Å²) in [6.45, 7) is 2.03. The Labute approximate surface area is 104 Å². The monoisotopic (exact) mass is 252 g/mol. The Bertz CT molecular complexity index is 512. The summed E-state index contributed by atoms with van der Waals surface area (Å²) in [6.07, 6.45) is 2.26. The zero-order valence-corrected chi connectivity index (χ0v) is 10.3. The van der Waals surface area contributed by atoms with Gasteiger partial charge in [0, 0.05) is 16.1 Å². The Morgan fingerprint density at radius 1 is 1.19 bits per heavy atom. The molecule has 1 aromatic heterocycles. The van der Waals surface area contributed by atoms with Crippen LogP contribution in [-0.4, -0.2) is 9.97 Å². The van der Waals surface area contributed by atoms with Crippen LogP contribution in [0.2, 0.25) is 10.2 Å². The van der Waals surface area contributed by atoms with Crippen molar-refractivity contribution in [2.45, 2.75) is 13.3 Å². The average molecular weight is 253 g/mol. The predicted molar refractivity (Wildman–Crippen MR) is 66.9 cm³/mol. The maximum atomic E-state index is 6.04. The summed E-state index contributed by atoms with van der Waals surface area (Å²) in [5.41, 5.74) is 2.77. The SMILES string of the molecule is CCc1c(Cl)ncnc1-c1cccc(Cl)c1. The third-order valence-electron chi connectivity index (χ3n) is 2.34. The summed E-state index contributed by atoms with van der Waals surface area (Å²) in [5.74, 6) is 0. The van der Waals surface area contributed by atoms with Gasteiger partial charge in [0.15, 0.2) is 0 Å². The summed E-state index contributed by atoms with van der Waals surface area (Å²) in [4.78, 5) is 8.25. The number of rotatable bonds is 2. The third kappa shape index (κ3) is 2.18. The lowest BCUT2D eigenvalue weighted by Gasteiger charge is -2.07. The molecule has 0 saturated heterocycles. The first-order valence-electron chi connectivity index (χ1n) is 4.97. The van der Waals surface area contributed by atoms with E-state index in [0.29, 0.717) is 10.2 Å². The first-order chi connectivity index (χ1) is 7.72. The van der Waals surface area contributed by atoms with Crippen LogP contribution < -0.4 is 0 Å². The molecular weight excluding hydrogens is 243 g/mol. The zero-order valence-electron chi connectivity index (χ0n) is 8.74. The molecule has 0 aliphatic heterocycles. The fourth-order valence-corrected chi connectivity index (χ4v) is 2.05. The molecule has 4 heteroatoms. The molecule has 0 fully saturated rings. The van der Waals surface area contributed by atoms with Gasteiger partial charge >= 0.3 is 0 Å². The number of hydrogen-bond donors (Lipinski definition) is 0. The molecule has 0 atom stereocenters. The molecule has 2 nitrogen and oxygen atoms in total. The van der Waals surface area contributed by atoms with E-state index in [9.17, 15) is 0 Å². The summed E-state index contributed by atoms with van der Waals surface area (Å²) >= 11 is 12.0. The minimum Gasteiger partial charge on any atom is -0.236 e.